The van der Waals surface area contributed by atoms with Crippen LogP contribution in [0.5, 0.6) is 0 Å². The number of imidazole rings is 1. The van der Waals surface area contributed by atoms with Crippen molar-refractivity contribution in [1.29, 1.82) is 0 Å². The number of hydrogen-bond donors (Lipinski definition) is 4. The van der Waals surface area contributed by atoms with E-state index in [0.29, 0.717) is 30.1 Å². The maximum atomic E-state index is 5.25. The Balaban J connectivity index is 2.06. The van der Waals surface area contributed by atoms with E-state index in [2.05, 4.69) is 47.5 Å². The minimum Gasteiger partial charge on any atom is -0.359 e. The second kappa shape index (κ2) is 9.48. The van der Waals surface area contributed by atoms with Crippen molar-refractivity contribution in [3.63, 3.8) is 0 Å². The van der Waals surface area contributed by atoms with Gasteiger partial charge >= 0.3 is 0 Å². The zero-order valence-electron chi connectivity index (χ0n) is 14.3. The first-order valence-corrected chi connectivity index (χ1v) is 8.24. The Morgan fingerprint density at radius 1 is 1.36 bits per heavy atom. The predicted octanol–water partition coefficient (Wildman–Crippen LogP) is 1.48. The first kappa shape index (κ1) is 18.5. The van der Waals surface area contributed by atoms with Gasteiger partial charge in [0.2, 0.25) is 11.9 Å². The molecule has 0 unspecified atom stereocenters. The summed E-state index contributed by atoms with van der Waals surface area (Å²) < 4.78 is 0. The maximum absolute atomic E-state index is 5.25. The Hall–Kier alpha value is -2.81. The van der Waals surface area contributed by atoms with Gasteiger partial charge in [0.1, 0.15) is 0 Å². The molecule has 0 spiro atoms. The lowest BCUT2D eigenvalue weighted by molar-refractivity contribution is 0.923. The van der Waals surface area contributed by atoms with Crippen LogP contribution in [0, 0.1) is 13.8 Å². The van der Waals surface area contributed by atoms with E-state index in [-0.39, 0.29) is 0 Å². The quantitative estimate of drug-likeness (QED) is 0.268. The topological polar surface area (TPSA) is 103 Å². The second-order valence-electron chi connectivity index (χ2n) is 5.28. The molecule has 4 N–H and O–H groups in total. The van der Waals surface area contributed by atoms with Crippen LogP contribution in [0.4, 0.5) is 5.95 Å². The van der Waals surface area contributed by atoms with Gasteiger partial charge in [0.15, 0.2) is 5.11 Å². The fourth-order valence-electron chi connectivity index (χ4n) is 2.02. The van der Waals surface area contributed by atoms with E-state index in [0.717, 1.165) is 23.5 Å². The maximum Gasteiger partial charge on any atom is 0.229 e. The average Bonchev–Trinajstić information content (AvgIpc) is 3.05. The highest BCUT2D eigenvalue weighted by Crippen LogP contribution is 2.03. The van der Waals surface area contributed by atoms with Crippen LogP contribution < -0.4 is 16.0 Å². The van der Waals surface area contributed by atoms with Crippen LogP contribution in [0.2, 0.25) is 0 Å². The molecular weight excluding hydrogens is 336 g/mol. The number of rotatable bonds is 6. The highest BCUT2D eigenvalue weighted by atomic mass is 32.1. The van der Waals surface area contributed by atoms with Gasteiger partial charge in [-0.1, -0.05) is 6.08 Å². The van der Waals surface area contributed by atoms with Gasteiger partial charge in [-0.3, -0.25) is 10.3 Å². The number of aliphatic imine (C=N–C) groups is 1. The van der Waals surface area contributed by atoms with Gasteiger partial charge < -0.3 is 15.6 Å². The third-order valence-corrected chi connectivity index (χ3v) is 3.30. The molecule has 2 aromatic heterocycles. The first-order valence-electron chi connectivity index (χ1n) is 7.83. The van der Waals surface area contributed by atoms with Crippen molar-refractivity contribution in [2.45, 2.75) is 20.3 Å². The number of hydrogen-bond acceptors (Lipinski definition) is 5. The van der Waals surface area contributed by atoms with E-state index in [9.17, 15) is 0 Å². The minimum atomic E-state index is 0.442. The van der Waals surface area contributed by atoms with E-state index >= 15 is 0 Å². The number of aryl methyl sites for hydroxylation is 2. The summed E-state index contributed by atoms with van der Waals surface area (Å²) >= 11 is 5.25. The molecular formula is C16H22N8S. The average molecular weight is 358 g/mol. The van der Waals surface area contributed by atoms with Gasteiger partial charge in [0, 0.05) is 42.8 Å². The number of guanidine groups is 1. The Morgan fingerprint density at radius 3 is 2.76 bits per heavy atom. The summed E-state index contributed by atoms with van der Waals surface area (Å²) in [7, 11) is 0. The lowest BCUT2D eigenvalue weighted by Crippen LogP contribution is -2.43. The molecule has 0 atom stereocenters. The predicted molar refractivity (Wildman–Crippen MR) is 104 cm³/mol. The smallest absolute Gasteiger partial charge is 0.229 e. The number of nitrogens with one attached hydrogen (secondary N) is 4. The molecule has 0 amide bonds. The van der Waals surface area contributed by atoms with Crippen LogP contribution >= 0.6 is 12.2 Å². The molecule has 9 heteroatoms. The molecule has 0 aliphatic carbocycles. The molecule has 2 aromatic rings. The summed E-state index contributed by atoms with van der Waals surface area (Å²) in [6.45, 7) is 8.59. The zero-order chi connectivity index (χ0) is 18.1. The van der Waals surface area contributed by atoms with Crippen molar-refractivity contribution in [3.05, 3.63) is 48.3 Å². The van der Waals surface area contributed by atoms with Crippen LogP contribution in [0.25, 0.3) is 0 Å². The number of aromatic nitrogens is 4. The molecule has 0 aliphatic rings. The van der Waals surface area contributed by atoms with Gasteiger partial charge in [-0.05, 0) is 32.1 Å². The largest absolute Gasteiger partial charge is 0.359 e. The zero-order valence-corrected chi connectivity index (χ0v) is 15.2. The molecule has 2 rings (SSSR count). The lowest BCUT2D eigenvalue weighted by atomic mass is 10.3. The van der Waals surface area contributed by atoms with Gasteiger partial charge in [-0.2, -0.15) is 0 Å². The second-order valence-corrected chi connectivity index (χ2v) is 5.69. The van der Waals surface area contributed by atoms with Crippen molar-refractivity contribution < 1.29 is 0 Å². The molecule has 2 heterocycles. The Kier molecular flexibility index (Phi) is 7.02. The van der Waals surface area contributed by atoms with E-state index in [4.69, 9.17) is 12.2 Å². The van der Waals surface area contributed by atoms with Crippen molar-refractivity contribution in [1.82, 2.24) is 30.6 Å². The molecule has 8 nitrogen and oxygen atoms in total. The summed E-state index contributed by atoms with van der Waals surface area (Å²) in [5.74, 6) is 0.947. The third-order valence-electron chi connectivity index (χ3n) is 3.06. The van der Waals surface area contributed by atoms with E-state index in [1.807, 2.05) is 19.9 Å². The molecule has 0 aromatic carbocycles. The number of nitrogens with zero attached hydrogens (tertiary/aromatic N) is 4. The summed E-state index contributed by atoms with van der Waals surface area (Å²) in [6, 6.07) is 1.91. The SMILES string of the molecule is C=CCNC(=S)NC(=NCCc1cnc[nH]1)Nc1nc(C)cc(C)n1. The van der Waals surface area contributed by atoms with Gasteiger partial charge in [0.25, 0.3) is 0 Å². The lowest BCUT2D eigenvalue weighted by Gasteiger charge is -2.13. The first-order chi connectivity index (χ1) is 12.1. The van der Waals surface area contributed by atoms with Crippen LogP contribution in [-0.2, 0) is 6.42 Å². The minimum absolute atomic E-state index is 0.442. The number of thiocarbonyl (C=S) groups is 1. The van der Waals surface area contributed by atoms with Gasteiger partial charge in [-0.15, -0.1) is 6.58 Å². The van der Waals surface area contributed by atoms with Gasteiger partial charge in [0.05, 0.1) is 6.33 Å². The van der Waals surface area contributed by atoms with Crippen molar-refractivity contribution >= 4 is 29.2 Å². The van der Waals surface area contributed by atoms with Crippen molar-refractivity contribution in [2.75, 3.05) is 18.4 Å². The summed E-state index contributed by atoms with van der Waals surface area (Å²) in [5.41, 5.74) is 2.76. The molecule has 0 bridgehead atoms. The normalized spacial score (nSPS) is 11.0. The summed E-state index contributed by atoms with van der Waals surface area (Å²) in [6.07, 6.45) is 5.88. The molecule has 132 valence electrons. The molecule has 0 aliphatic heterocycles. The molecule has 25 heavy (non-hydrogen) atoms. The monoisotopic (exact) mass is 358 g/mol. The number of aromatic amines is 1. The standard InChI is InChI=1S/C16H22N8S/c1-4-6-19-16(25)24-14(18-7-5-13-9-17-10-20-13)23-15-21-11(2)8-12(3)22-15/h4,8-10H,1,5-7H2,2-3H3,(H,17,20)(H3,18,19,21,22,23,24,25). The van der Waals surface area contributed by atoms with Crippen molar-refractivity contribution in [3.8, 4) is 0 Å². The van der Waals surface area contributed by atoms with Crippen LogP contribution in [0.15, 0.2) is 36.2 Å². The van der Waals surface area contributed by atoms with E-state index in [1.165, 1.54) is 0 Å². The molecule has 0 saturated heterocycles. The molecule has 0 fully saturated rings. The Labute approximate surface area is 152 Å². The van der Waals surface area contributed by atoms with Crippen LogP contribution in [0.3, 0.4) is 0 Å². The molecule has 0 saturated carbocycles. The Bertz CT molecular complexity index is 718. The van der Waals surface area contributed by atoms with E-state index < -0.39 is 0 Å². The number of anilines is 1. The van der Waals surface area contributed by atoms with E-state index in [1.54, 1.807) is 18.6 Å². The fourth-order valence-corrected chi connectivity index (χ4v) is 2.20. The fraction of sp³-hybridized carbons (Fsp3) is 0.312. The van der Waals surface area contributed by atoms with Crippen LogP contribution in [0.1, 0.15) is 17.1 Å². The number of H-pyrrole nitrogens is 1. The Morgan fingerprint density at radius 2 is 2.12 bits per heavy atom. The summed E-state index contributed by atoms with van der Waals surface area (Å²) in [5, 5.41) is 9.55. The van der Waals surface area contributed by atoms with Gasteiger partial charge in [-0.25, -0.2) is 15.0 Å². The third kappa shape index (κ3) is 6.68. The van der Waals surface area contributed by atoms with Crippen molar-refractivity contribution in [2.24, 2.45) is 4.99 Å². The summed E-state index contributed by atoms with van der Waals surface area (Å²) in [4.78, 5) is 20.3. The highest BCUT2D eigenvalue weighted by Gasteiger charge is 2.06. The van der Waals surface area contributed by atoms with Crippen LogP contribution in [-0.4, -0.2) is 44.1 Å². The highest BCUT2D eigenvalue weighted by molar-refractivity contribution is 7.80. The molecule has 0 radical (unpaired) electrons.